The van der Waals surface area contributed by atoms with Gasteiger partial charge in [-0.1, -0.05) is 0 Å². The standard InChI is InChI=1S/C11H19N3O/c1-7-10(8(2)14(3)13-7)11-9(6-12)4-5-15-11/h9,11H,4-6,12H2,1-3H3/t9-,11-/m1/s1. The van der Waals surface area contributed by atoms with Gasteiger partial charge in [-0.15, -0.1) is 0 Å². The molecule has 1 aliphatic heterocycles. The van der Waals surface area contributed by atoms with E-state index in [9.17, 15) is 0 Å². The highest BCUT2D eigenvalue weighted by Gasteiger charge is 2.32. The highest BCUT2D eigenvalue weighted by molar-refractivity contribution is 5.28. The van der Waals surface area contributed by atoms with Gasteiger partial charge in [-0.25, -0.2) is 0 Å². The molecule has 2 N–H and O–H groups in total. The fourth-order valence-electron chi connectivity index (χ4n) is 2.40. The first-order valence-corrected chi connectivity index (χ1v) is 5.47. The van der Waals surface area contributed by atoms with Crippen molar-refractivity contribution in [2.24, 2.45) is 18.7 Å². The number of ether oxygens (including phenoxy) is 1. The van der Waals surface area contributed by atoms with Crippen LogP contribution in [0, 0.1) is 19.8 Å². The van der Waals surface area contributed by atoms with E-state index in [0.717, 1.165) is 18.7 Å². The Kier molecular flexibility index (Phi) is 2.80. The van der Waals surface area contributed by atoms with E-state index in [1.54, 1.807) is 0 Å². The molecule has 84 valence electrons. The van der Waals surface area contributed by atoms with Crippen molar-refractivity contribution in [3.05, 3.63) is 17.0 Å². The quantitative estimate of drug-likeness (QED) is 0.792. The van der Waals surface area contributed by atoms with Crippen LogP contribution in [0.15, 0.2) is 0 Å². The third-order valence-electron chi connectivity index (χ3n) is 3.37. The number of aryl methyl sites for hydroxylation is 2. The molecule has 0 aromatic carbocycles. The Morgan fingerprint density at radius 3 is 2.80 bits per heavy atom. The van der Waals surface area contributed by atoms with Gasteiger partial charge in [0.05, 0.1) is 11.8 Å². The van der Waals surface area contributed by atoms with E-state index >= 15 is 0 Å². The van der Waals surface area contributed by atoms with Gasteiger partial charge in [-0.3, -0.25) is 4.68 Å². The molecule has 1 aromatic heterocycles. The molecule has 0 bridgehead atoms. The molecular weight excluding hydrogens is 190 g/mol. The lowest BCUT2D eigenvalue weighted by molar-refractivity contribution is 0.0914. The molecule has 1 aliphatic rings. The molecule has 4 heteroatoms. The van der Waals surface area contributed by atoms with E-state index in [-0.39, 0.29) is 6.10 Å². The van der Waals surface area contributed by atoms with Crippen molar-refractivity contribution in [1.29, 1.82) is 0 Å². The maximum absolute atomic E-state index is 5.78. The molecule has 2 atom stereocenters. The van der Waals surface area contributed by atoms with Crippen LogP contribution in [-0.2, 0) is 11.8 Å². The van der Waals surface area contributed by atoms with Gasteiger partial charge in [0.1, 0.15) is 0 Å². The van der Waals surface area contributed by atoms with Crippen molar-refractivity contribution in [1.82, 2.24) is 9.78 Å². The van der Waals surface area contributed by atoms with Gasteiger partial charge in [0.25, 0.3) is 0 Å². The Bertz CT molecular complexity index is 359. The van der Waals surface area contributed by atoms with Gasteiger partial charge in [-0.05, 0) is 26.8 Å². The van der Waals surface area contributed by atoms with Crippen LogP contribution >= 0.6 is 0 Å². The second-order valence-corrected chi connectivity index (χ2v) is 4.28. The highest BCUT2D eigenvalue weighted by Crippen LogP contribution is 2.36. The first-order valence-electron chi connectivity index (χ1n) is 5.47. The topological polar surface area (TPSA) is 53.1 Å². The summed E-state index contributed by atoms with van der Waals surface area (Å²) in [6.45, 7) is 5.64. The third-order valence-corrected chi connectivity index (χ3v) is 3.37. The molecule has 4 nitrogen and oxygen atoms in total. The van der Waals surface area contributed by atoms with Crippen LogP contribution in [-0.4, -0.2) is 22.9 Å². The predicted molar refractivity (Wildman–Crippen MR) is 58.5 cm³/mol. The second kappa shape index (κ2) is 3.94. The lowest BCUT2D eigenvalue weighted by Crippen LogP contribution is -2.18. The molecule has 1 aromatic rings. The Morgan fingerprint density at radius 2 is 2.27 bits per heavy atom. The zero-order valence-electron chi connectivity index (χ0n) is 9.66. The van der Waals surface area contributed by atoms with Crippen LogP contribution in [0.1, 0.15) is 29.5 Å². The van der Waals surface area contributed by atoms with Crippen LogP contribution in [0.5, 0.6) is 0 Å². The number of aromatic nitrogens is 2. The van der Waals surface area contributed by atoms with Crippen molar-refractivity contribution >= 4 is 0 Å². The first kappa shape index (κ1) is 10.6. The summed E-state index contributed by atoms with van der Waals surface area (Å²) in [5.74, 6) is 0.451. The first-order chi connectivity index (χ1) is 7.15. The summed E-state index contributed by atoms with van der Waals surface area (Å²) in [6.07, 6.45) is 1.22. The lowest BCUT2D eigenvalue weighted by Gasteiger charge is -2.17. The molecule has 0 unspecified atom stereocenters. The molecule has 15 heavy (non-hydrogen) atoms. The monoisotopic (exact) mass is 209 g/mol. The number of nitrogens with zero attached hydrogens (tertiary/aromatic N) is 2. The minimum atomic E-state index is 0.156. The molecule has 0 aliphatic carbocycles. The average molecular weight is 209 g/mol. The fourth-order valence-corrected chi connectivity index (χ4v) is 2.40. The molecule has 0 radical (unpaired) electrons. The third kappa shape index (κ3) is 1.68. The van der Waals surface area contributed by atoms with Crippen LogP contribution < -0.4 is 5.73 Å². The normalized spacial score (nSPS) is 26.1. The summed E-state index contributed by atoms with van der Waals surface area (Å²) < 4.78 is 7.70. The van der Waals surface area contributed by atoms with Crippen molar-refractivity contribution in [2.45, 2.75) is 26.4 Å². The van der Waals surface area contributed by atoms with Gasteiger partial charge in [-0.2, -0.15) is 5.10 Å². The van der Waals surface area contributed by atoms with Crippen molar-refractivity contribution in [3.8, 4) is 0 Å². The van der Waals surface area contributed by atoms with Gasteiger partial charge >= 0.3 is 0 Å². The van der Waals surface area contributed by atoms with E-state index in [0.29, 0.717) is 12.5 Å². The van der Waals surface area contributed by atoms with Crippen LogP contribution in [0.25, 0.3) is 0 Å². The molecular formula is C11H19N3O. The van der Waals surface area contributed by atoms with Gasteiger partial charge in [0.2, 0.25) is 0 Å². The second-order valence-electron chi connectivity index (χ2n) is 4.28. The fraction of sp³-hybridized carbons (Fsp3) is 0.727. The van der Waals surface area contributed by atoms with Crippen LogP contribution in [0.2, 0.25) is 0 Å². The van der Waals surface area contributed by atoms with E-state index in [2.05, 4.69) is 12.0 Å². The lowest BCUT2D eigenvalue weighted by atomic mass is 9.94. The summed E-state index contributed by atoms with van der Waals surface area (Å²) in [7, 11) is 1.97. The maximum Gasteiger partial charge on any atom is 0.0901 e. The molecule has 1 saturated heterocycles. The average Bonchev–Trinajstić information content (AvgIpc) is 2.73. The van der Waals surface area contributed by atoms with Crippen LogP contribution in [0.3, 0.4) is 0 Å². The van der Waals surface area contributed by atoms with Crippen molar-refractivity contribution in [3.63, 3.8) is 0 Å². The van der Waals surface area contributed by atoms with Crippen LogP contribution in [0.4, 0.5) is 0 Å². The number of nitrogens with two attached hydrogens (primary N) is 1. The summed E-state index contributed by atoms with van der Waals surface area (Å²) in [5, 5.41) is 4.42. The van der Waals surface area contributed by atoms with Gasteiger partial charge in [0, 0.05) is 30.8 Å². The molecule has 0 saturated carbocycles. The predicted octanol–water partition coefficient (Wildman–Crippen LogP) is 1.07. The van der Waals surface area contributed by atoms with Crippen molar-refractivity contribution < 1.29 is 4.74 Å². The molecule has 2 rings (SSSR count). The SMILES string of the molecule is Cc1nn(C)c(C)c1[C@@H]1OCC[C@@H]1CN. The largest absolute Gasteiger partial charge is 0.373 e. The number of hydrogen-bond acceptors (Lipinski definition) is 3. The van der Waals surface area contributed by atoms with Gasteiger partial charge < -0.3 is 10.5 Å². The molecule has 0 amide bonds. The summed E-state index contributed by atoms with van der Waals surface area (Å²) in [4.78, 5) is 0. The highest BCUT2D eigenvalue weighted by atomic mass is 16.5. The molecule has 2 heterocycles. The summed E-state index contributed by atoms with van der Waals surface area (Å²) in [6, 6.07) is 0. The molecule has 0 spiro atoms. The Hall–Kier alpha value is -0.870. The van der Waals surface area contributed by atoms with Crippen molar-refractivity contribution in [2.75, 3.05) is 13.2 Å². The van der Waals surface area contributed by atoms with E-state index in [1.165, 1.54) is 11.3 Å². The summed E-state index contributed by atoms with van der Waals surface area (Å²) in [5.41, 5.74) is 9.26. The number of hydrogen-bond donors (Lipinski definition) is 1. The van der Waals surface area contributed by atoms with E-state index in [4.69, 9.17) is 10.5 Å². The summed E-state index contributed by atoms with van der Waals surface area (Å²) >= 11 is 0. The van der Waals surface area contributed by atoms with E-state index < -0.39 is 0 Å². The zero-order valence-corrected chi connectivity index (χ0v) is 9.66. The zero-order chi connectivity index (χ0) is 11.0. The Morgan fingerprint density at radius 1 is 1.53 bits per heavy atom. The van der Waals surface area contributed by atoms with E-state index in [1.807, 2.05) is 18.7 Å². The Balaban J connectivity index is 2.36. The van der Waals surface area contributed by atoms with Gasteiger partial charge in [0.15, 0.2) is 0 Å². The smallest absolute Gasteiger partial charge is 0.0901 e. The number of rotatable bonds is 2. The minimum Gasteiger partial charge on any atom is -0.373 e. The maximum atomic E-state index is 5.78. The molecule has 1 fully saturated rings. The minimum absolute atomic E-state index is 0.156. The Labute approximate surface area is 90.4 Å².